The van der Waals surface area contributed by atoms with Crippen molar-refractivity contribution in [2.75, 3.05) is 13.1 Å². The van der Waals surface area contributed by atoms with Gasteiger partial charge in [0.05, 0.1) is 0 Å². The summed E-state index contributed by atoms with van der Waals surface area (Å²) in [4.78, 5) is 2.52. The minimum Gasteiger partial charge on any atom is -0.507 e. The van der Waals surface area contributed by atoms with Crippen molar-refractivity contribution < 1.29 is 5.11 Å². The Bertz CT molecular complexity index is 404. The number of nitrogens with zero attached hydrogens (tertiary/aromatic N) is 1. The van der Waals surface area contributed by atoms with E-state index in [2.05, 4.69) is 30.9 Å². The quantitative estimate of drug-likeness (QED) is 0.862. The van der Waals surface area contributed by atoms with Crippen LogP contribution < -0.4 is 0 Å². The Balaban J connectivity index is 2.03. The van der Waals surface area contributed by atoms with Crippen molar-refractivity contribution in [2.45, 2.75) is 47.1 Å². The van der Waals surface area contributed by atoms with Crippen LogP contribution in [0.1, 0.15) is 43.4 Å². The minimum absolute atomic E-state index is 0.443. The summed E-state index contributed by atoms with van der Waals surface area (Å²) in [5, 5.41) is 9.79. The summed E-state index contributed by atoms with van der Waals surface area (Å²) in [6, 6.07) is 4.23. The average molecular weight is 247 g/mol. The highest BCUT2D eigenvalue weighted by Gasteiger charge is 2.25. The molecule has 1 N–H and O–H groups in total. The monoisotopic (exact) mass is 247 g/mol. The van der Waals surface area contributed by atoms with Gasteiger partial charge in [0.1, 0.15) is 5.75 Å². The first-order valence-corrected chi connectivity index (χ1v) is 6.89. The highest BCUT2D eigenvalue weighted by atomic mass is 16.3. The number of likely N-dealkylation sites (tertiary alicyclic amines) is 1. The fraction of sp³-hybridized carbons (Fsp3) is 0.625. The number of aryl methyl sites for hydroxylation is 2. The van der Waals surface area contributed by atoms with Crippen LogP contribution in [0, 0.1) is 19.3 Å². The predicted octanol–water partition coefficient (Wildman–Crippen LogP) is 3.63. The zero-order valence-electron chi connectivity index (χ0n) is 12.1. The molecule has 1 fully saturated rings. The van der Waals surface area contributed by atoms with Gasteiger partial charge in [-0.05, 0) is 61.9 Å². The lowest BCUT2D eigenvalue weighted by molar-refractivity contribution is 0.127. The zero-order chi connectivity index (χ0) is 13.3. The van der Waals surface area contributed by atoms with Crippen LogP contribution in [-0.2, 0) is 6.54 Å². The number of hydrogen-bond donors (Lipinski definition) is 1. The molecular formula is C16H25NO. The van der Waals surface area contributed by atoms with E-state index in [1.807, 2.05) is 13.8 Å². The summed E-state index contributed by atoms with van der Waals surface area (Å²) in [5.41, 5.74) is 3.81. The van der Waals surface area contributed by atoms with Gasteiger partial charge in [0.2, 0.25) is 0 Å². The van der Waals surface area contributed by atoms with Gasteiger partial charge >= 0.3 is 0 Å². The second kappa shape index (κ2) is 4.93. The highest BCUT2D eigenvalue weighted by Crippen LogP contribution is 2.31. The van der Waals surface area contributed by atoms with Crippen molar-refractivity contribution >= 4 is 0 Å². The molecule has 0 unspecified atom stereocenters. The molecule has 2 nitrogen and oxygen atoms in total. The maximum Gasteiger partial charge on any atom is 0.121 e. The molecule has 0 aliphatic carbocycles. The summed E-state index contributed by atoms with van der Waals surface area (Å²) in [6.45, 7) is 12.1. The highest BCUT2D eigenvalue weighted by molar-refractivity contribution is 5.42. The Labute approximate surface area is 111 Å². The molecule has 1 aromatic rings. The van der Waals surface area contributed by atoms with E-state index < -0.39 is 0 Å². The summed E-state index contributed by atoms with van der Waals surface area (Å²) in [6.07, 6.45) is 2.56. The largest absolute Gasteiger partial charge is 0.507 e. The summed E-state index contributed by atoms with van der Waals surface area (Å²) < 4.78 is 0. The fourth-order valence-corrected chi connectivity index (χ4v) is 2.71. The maximum atomic E-state index is 9.79. The lowest BCUT2D eigenvalue weighted by Crippen LogP contribution is -2.36. The van der Waals surface area contributed by atoms with Crippen molar-refractivity contribution in [1.82, 2.24) is 4.90 Å². The van der Waals surface area contributed by atoms with E-state index in [-0.39, 0.29) is 0 Å². The average Bonchev–Trinajstić information content (AvgIpc) is 2.29. The molecule has 1 aliphatic rings. The molecular weight excluding hydrogens is 222 g/mol. The number of phenolic OH excluding ortho intramolecular Hbond substituents is 1. The first kappa shape index (κ1) is 13.4. The number of hydrogen-bond acceptors (Lipinski definition) is 2. The Kier molecular flexibility index (Phi) is 3.67. The number of rotatable bonds is 2. The van der Waals surface area contributed by atoms with E-state index in [0.29, 0.717) is 11.2 Å². The van der Waals surface area contributed by atoms with E-state index in [0.717, 1.165) is 17.7 Å². The maximum absolute atomic E-state index is 9.79. The van der Waals surface area contributed by atoms with E-state index in [1.165, 1.54) is 31.5 Å². The van der Waals surface area contributed by atoms with Crippen LogP contribution in [0.25, 0.3) is 0 Å². The van der Waals surface area contributed by atoms with Crippen LogP contribution >= 0.6 is 0 Å². The third kappa shape index (κ3) is 3.05. The van der Waals surface area contributed by atoms with Gasteiger partial charge < -0.3 is 5.11 Å². The molecule has 100 valence electrons. The second-order valence-electron chi connectivity index (χ2n) is 6.52. The van der Waals surface area contributed by atoms with E-state index in [1.54, 1.807) is 0 Å². The smallest absolute Gasteiger partial charge is 0.121 e. The first-order chi connectivity index (χ1) is 8.37. The molecule has 1 aromatic carbocycles. The molecule has 2 rings (SSSR count). The van der Waals surface area contributed by atoms with Crippen molar-refractivity contribution in [3.63, 3.8) is 0 Å². The van der Waals surface area contributed by atoms with Crippen molar-refractivity contribution in [1.29, 1.82) is 0 Å². The number of aromatic hydroxyl groups is 1. The molecule has 18 heavy (non-hydrogen) atoms. The molecule has 1 heterocycles. The SMILES string of the molecule is Cc1cc(CN2CCC(C)(C)CC2)cc(C)c1O. The van der Waals surface area contributed by atoms with Crippen molar-refractivity contribution in [3.8, 4) is 5.75 Å². The first-order valence-electron chi connectivity index (χ1n) is 6.89. The molecule has 1 aliphatic heterocycles. The standard InChI is InChI=1S/C16H25NO/c1-12-9-14(10-13(2)15(12)18)11-17-7-5-16(3,4)6-8-17/h9-10,18H,5-8,11H2,1-4H3. The van der Waals surface area contributed by atoms with Crippen LogP contribution in [0.5, 0.6) is 5.75 Å². The fourth-order valence-electron chi connectivity index (χ4n) is 2.71. The van der Waals surface area contributed by atoms with Crippen LogP contribution in [0.2, 0.25) is 0 Å². The molecule has 0 aromatic heterocycles. The Morgan fingerprint density at radius 2 is 1.61 bits per heavy atom. The van der Waals surface area contributed by atoms with Gasteiger partial charge in [-0.15, -0.1) is 0 Å². The van der Waals surface area contributed by atoms with E-state index >= 15 is 0 Å². The molecule has 1 saturated heterocycles. The zero-order valence-corrected chi connectivity index (χ0v) is 12.1. The van der Waals surface area contributed by atoms with Gasteiger partial charge in [0, 0.05) is 6.54 Å². The van der Waals surface area contributed by atoms with Crippen LogP contribution in [0.4, 0.5) is 0 Å². The van der Waals surface area contributed by atoms with E-state index in [9.17, 15) is 5.11 Å². The van der Waals surface area contributed by atoms with Gasteiger partial charge in [0.25, 0.3) is 0 Å². The lowest BCUT2D eigenvalue weighted by atomic mass is 9.82. The van der Waals surface area contributed by atoms with Crippen LogP contribution in [0.15, 0.2) is 12.1 Å². The van der Waals surface area contributed by atoms with Gasteiger partial charge in [-0.2, -0.15) is 0 Å². The lowest BCUT2D eigenvalue weighted by Gasteiger charge is -2.37. The molecule has 0 spiro atoms. The number of benzene rings is 1. The summed E-state index contributed by atoms with van der Waals surface area (Å²) in [7, 11) is 0. The van der Waals surface area contributed by atoms with Gasteiger partial charge in [0.15, 0.2) is 0 Å². The third-order valence-electron chi connectivity index (χ3n) is 4.17. The van der Waals surface area contributed by atoms with Crippen molar-refractivity contribution in [2.24, 2.45) is 5.41 Å². The molecule has 0 radical (unpaired) electrons. The Hall–Kier alpha value is -1.02. The van der Waals surface area contributed by atoms with Gasteiger partial charge in [-0.1, -0.05) is 26.0 Å². The summed E-state index contributed by atoms with van der Waals surface area (Å²) in [5.74, 6) is 0.443. The third-order valence-corrected chi connectivity index (χ3v) is 4.17. The van der Waals surface area contributed by atoms with Crippen LogP contribution in [0.3, 0.4) is 0 Å². The molecule has 0 bridgehead atoms. The molecule has 0 saturated carbocycles. The van der Waals surface area contributed by atoms with Crippen molar-refractivity contribution in [3.05, 3.63) is 28.8 Å². The van der Waals surface area contributed by atoms with Gasteiger partial charge in [-0.25, -0.2) is 0 Å². The van der Waals surface area contributed by atoms with Gasteiger partial charge in [-0.3, -0.25) is 4.90 Å². The molecule has 2 heteroatoms. The normalized spacial score (nSPS) is 20.0. The minimum atomic E-state index is 0.443. The summed E-state index contributed by atoms with van der Waals surface area (Å²) >= 11 is 0. The Morgan fingerprint density at radius 3 is 2.11 bits per heavy atom. The topological polar surface area (TPSA) is 23.5 Å². The predicted molar refractivity (Wildman–Crippen MR) is 75.9 cm³/mol. The number of phenols is 1. The molecule has 0 amide bonds. The van der Waals surface area contributed by atoms with E-state index in [4.69, 9.17) is 0 Å². The Morgan fingerprint density at radius 1 is 1.11 bits per heavy atom. The second-order valence-corrected chi connectivity index (χ2v) is 6.52. The number of piperidine rings is 1. The van der Waals surface area contributed by atoms with Crippen LogP contribution in [-0.4, -0.2) is 23.1 Å². The molecule has 0 atom stereocenters.